The van der Waals surface area contributed by atoms with Gasteiger partial charge in [-0.25, -0.2) is 4.79 Å². The molecule has 1 heterocycles. The molecule has 10 heteroatoms. The van der Waals surface area contributed by atoms with Crippen LogP contribution in [0.2, 0.25) is 0 Å². The standard InChI is InChI=1S/C18H17N3O6S/c1-10(22)19-13-6-12(7-14(8-13)20-11(2)23)18(26)27-9-16(24)21-17(25)15-4-3-5-28-15/h3-8H,9H2,1-2H3,(H,19,22)(H,20,23)(H,21,24,25). The summed E-state index contributed by atoms with van der Waals surface area (Å²) in [6, 6.07) is 7.36. The minimum Gasteiger partial charge on any atom is -0.452 e. The lowest BCUT2D eigenvalue weighted by atomic mass is 10.1. The molecule has 0 radical (unpaired) electrons. The number of imide groups is 1. The van der Waals surface area contributed by atoms with Crippen LogP contribution in [-0.2, 0) is 19.1 Å². The molecule has 146 valence electrons. The second-order valence-corrected chi connectivity index (χ2v) is 6.54. The molecular formula is C18H17N3O6S. The van der Waals surface area contributed by atoms with Crippen molar-refractivity contribution in [2.24, 2.45) is 0 Å². The van der Waals surface area contributed by atoms with Gasteiger partial charge in [0.1, 0.15) is 0 Å². The van der Waals surface area contributed by atoms with E-state index < -0.39 is 24.4 Å². The highest BCUT2D eigenvalue weighted by Gasteiger charge is 2.16. The number of rotatable bonds is 6. The largest absolute Gasteiger partial charge is 0.452 e. The lowest BCUT2D eigenvalue weighted by Crippen LogP contribution is -2.33. The number of anilines is 2. The number of nitrogens with one attached hydrogen (secondary N) is 3. The number of hydrogen-bond acceptors (Lipinski definition) is 7. The molecule has 0 aliphatic carbocycles. The van der Waals surface area contributed by atoms with Gasteiger partial charge in [-0.1, -0.05) is 6.07 Å². The van der Waals surface area contributed by atoms with Crippen molar-refractivity contribution >= 4 is 52.3 Å². The first-order chi connectivity index (χ1) is 13.2. The minimum atomic E-state index is -0.863. The first-order valence-corrected chi connectivity index (χ1v) is 8.87. The van der Waals surface area contributed by atoms with Gasteiger partial charge in [0.05, 0.1) is 10.4 Å². The minimum absolute atomic E-state index is 0.00684. The smallest absolute Gasteiger partial charge is 0.338 e. The molecule has 0 bridgehead atoms. The van der Waals surface area contributed by atoms with Crippen LogP contribution < -0.4 is 16.0 Å². The predicted octanol–water partition coefficient (Wildman–Crippen LogP) is 1.78. The summed E-state index contributed by atoms with van der Waals surface area (Å²) >= 11 is 1.17. The molecule has 0 atom stereocenters. The van der Waals surface area contributed by atoms with Crippen LogP contribution in [0.4, 0.5) is 11.4 Å². The molecule has 0 spiro atoms. The Balaban J connectivity index is 2.03. The summed E-state index contributed by atoms with van der Waals surface area (Å²) in [6.45, 7) is 1.91. The van der Waals surface area contributed by atoms with Gasteiger partial charge in [-0.2, -0.15) is 0 Å². The summed E-state index contributed by atoms with van der Waals surface area (Å²) in [5.41, 5.74) is 0.540. The zero-order valence-corrected chi connectivity index (χ0v) is 15.8. The third-order valence-electron chi connectivity index (χ3n) is 3.14. The first-order valence-electron chi connectivity index (χ1n) is 7.99. The maximum absolute atomic E-state index is 12.2. The average molecular weight is 403 g/mol. The quantitative estimate of drug-likeness (QED) is 0.630. The monoisotopic (exact) mass is 403 g/mol. The van der Waals surface area contributed by atoms with Gasteiger partial charge >= 0.3 is 5.97 Å². The van der Waals surface area contributed by atoms with Gasteiger partial charge in [0, 0.05) is 25.2 Å². The number of benzene rings is 1. The van der Waals surface area contributed by atoms with E-state index in [9.17, 15) is 24.0 Å². The van der Waals surface area contributed by atoms with Crippen LogP contribution >= 0.6 is 11.3 Å². The normalized spacial score (nSPS) is 9.93. The van der Waals surface area contributed by atoms with E-state index in [1.807, 2.05) is 0 Å². The van der Waals surface area contributed by atoms with E-state index in [4.69, 9.17) is 4.74 Å². The van der Waals surface area contributed by atoms with E-state index in [0.717, 1.165) is 0 Å². The molecule has 28 heavy (non-hydrogen) atoms. The lowest BCUT2D eigenvalue weighted by Gasteiger charge is -2.10. The summed E-state index contributed by atoms with van der Waals surface area (Å²) < 4.78 is 4.90. The Kier molecular flexibility index (Phi) is 6.99. The van der Waals surface area contributed by atoms with Gasteiger partial charge in [0.15, 0.2) is 6.61 Å². The molecule has 3 N–H and O–H groups in total. The number of esters is 1. The topological polar surface area (TPSA) is 131 Å². The molecule has 0 saturated carbocycles. The van der Waals surface area contributed by atoms with E-state index in [-0.39, 0.29) is 28.8 Å². The summed E-state index contributed by atoms with van der Waals surface area (Å²) in [7, 11) is 0. The van der Waals surface area contributed by atoms with Crippen molar-refractivity contribution in [3.05, 3.63) is 46.2 Å². The zero-order valence-electron chi connectivity index (χ0n) is 15.0. The molecule has 0 fully saturated rings. The Bertz CT molecular complexity index is 889. The van der Waals surface area contributed by atoms with Gasteiger partial charge in [-0.3, -0.25) is 24.5 Å². The van der Waals surface area contributed by atoms with Crippen LogP contribution in [0.1, 0.15) is 33.9 Å². The van der Waals surface area contributed by atoms with E-state index in [1.54, 1.807) is 17.5 Å². The summed E-state index contributed by atoms with van der Waals surface area (Å²) in [4.78, 5) is 58.6. The number of ether oxygens (including phenoxy) is 1. The van der Waals surface area contributed by atoms with Crippen LogP contribution in [0.25, 0.3) is 0 Å². The fraction of sp³-hybridized carbons (Fsp3) is 0.167. The molecule has 1 aromatic carbocycles. The predicted molar refractivity (Wildman–Crippen MR) is 102 cm³/mol. The Morgan fingerprint density at radius 1 is 0.964 bits per heavy atom. The second-order valence-electron chi connectivity index (χ2n) is 5.59. The maximum Gasteiger partial charge on any atom is 0.338 e. The fourth-order valence-corrected chi connectivity index (χ4v) is 2.76. The van der Waals surface area contributed by atoms with Crippen molar-refractivity contribution in [2.75, 3.05) is 17.2 Å². The van der Waals surface area contributed by atoms with Gasteiger partial charge in [0.25, 0.3) is 11.8 Å². The number of thiophene rings is 1. The van der Waals surface area contributed by atoms with Crippen molar-refractivity contribution in [1.82, 2.24) is 5.32 Å². The highest BCUT2D eigenvalue weighted by Crippen LogP contribution is 2.20. The van der Waals surface area contributed by atoms with E-state index >= 15 is 0 Å². The van der Waals surface area contributed by atoms with Gasteiger partial charge in [-0.05, 0) is 29.6 Å². The van der Waals surface area contributed by atoms with Crippen molar-refractivity contribution in [1.29, 1.82) is 0 Å². The summed E-state index contributed by atoms with van der Waals surface area (Å²) in [6.07, 6.45) is 0. The Labute approximate surface area is 164 Å². The first kappa shape index (κ1) is 20.8. The molecular weight excluding hydrogens is 386 g/mol. The van der Waals surface area contributed by atoms with Crippen LogP contribution in [0, 0.1) is 0 Å². The third kappa shape index (κ3) is 6.32. The molecule has 0 aliphatic rings. The number of carbonyl (C=O) groups is 5. The van der Waals surface area contributed by atoms with E-state index in [2.05, 4.69) is 16.0 Å². The van der Waals surface area contributed by atoms with Gasteiger partial charge < -0.3 is 15.4 Å². The highest BCUT2D eigenvalue weighted by molar-refractivity contribution is 7.12. The SMILES string of the molecule is CC(=O)Nc1cc(NC(C)=O)cc(C(=O)OCC(=O)NC(=O)c2cccs2)c1. The zero-order chi connectivity index (χ0) is 20.7. The molecule has 1 aromatic heterocycles. The number of carbonyl (C=O) groups excluding carboxylic acids is 5. The van der Waals surface area contributed by atoms with Crippen LogP contribution in [0.3, 0.4) is 0 Å². The molecule has 4 amide bonds. The second kappa shape index (κ2) is 9.42. The molecule has 0 aliphatic heterocycles. The lowest BCUT2D eigenvalue weighted by molar-refractivity contribution is -0.123. The molecule has 0 unspecified atom stereocenters. The van der Waals surface area contributed by atoms with Crippen molar-refractivity contribution in [2.45, 2.75) is 13.8 Å². The summed E-state index contributed by atoms with van der Waals surface area (Å²) in [5, 5.41) is 8.79. The third-order valence-corrected chi connectivity index (χ3v) is 4.01. The van der Waals surface area contributed by atoms with Crippen molar-refractivity contribution < 1.29 is 28.7 Å². The fourth-order valence-electron chi connectivity index (χ4n) is 2.14. The molecule has 2 aromatic rings. The van der Waals surface area contributed by atoms with E-state index in [0.29, 0.717) is 4.88 Å². The Morgan fingerprint density at radius 3 is 2.07 bits per heavy atom. The van der Waals surface area contributed by atoms with Gasteiger partial charge in [-0.15, -0.1) is 11.3 Å². The number of hydrogen-bond donors (Lipinski definition) is 3. The van der Waals surface area contributed by atoms with Crippen molar-refractivity contribution in [3.63, 3.8) is 0 Å². The highest BCUT2D eigenvalue weighted by atomic mass is 32.1. The Morgan fingerprint density at radius 2 is 1.57 bits per heavy atom. The number of amides is 4. The summed E-state index contributed by atoms with van der Waals surface area (Å²) in [5.74, 6) is -2.97. The van der Waals surface area contributed by atoms with Crippen molar-refractivity contribution in [3.8, 4) is 0 Å². The average Bonchev–Trinajstić information content (AvgIpc) is 3.13. The van der Waals surface area contributed by atoms with Gasteiger partial charge in [0.2, 0.25) is 11.8 Å². The molecule has 0 saturated heterocycles. The Hall–Kier alpha value is -3.53. The van der Waals surface area contributed by atoms with Crippen LogP contribution in [-0.4, -0.2) is 36.2 Å². The maximum atomic E-state index is 12.2. The molecule has 2 rings (SSSR count). The van der Waals surface area contributed by atoms with E-state index in [1.165, 1.54) is 43.4 Å². The molecule has 9 nitrogen and oxygen atoms in total. The van der Waals surface area contributed by atoms with Crippen LogP contribution in [0.15, 0.2) is 35.7 Å². The van der Waals surface area contributed by atoms with Crippen LogP contribution in [0.5, 0.6) is 0 Å².